The van der Waals surface area contributed by atoms with E-state index in [0.29, 0.717) is 18.5 Å². The smallest absolute Gasteiger partial charge is 0.411 e. The van der Waals surface area contributed by atoms with Crippen LogP contribution < -0.4 is 0 Å². The zero-order chi connectivity index (χ0) is 15.9. The Labute approximate surface area is 130 Å². The average Bonchev–Trinajstić information content (AvgIpc) is 2.25. The molecule has 0 aliphatic carbocycles. The third kappa shape index (κ3) is 6.59. The molecule has 0 rings (SSSR count). The second-order valence-electron chi connectivity index (χ2n) is 5.80. The number of carbonyl (C=O) groups is 2. The van der Waals surface area contributed by atoms with Gasteiger partial charge in [-0.15, -0.1) is 0 Å². The maximum atomic E-state index is 12.3. The van der Waals surface area contributed by atoms with Gasteiger partial charge < -0.3 is 9.47 Å². The van der Waals surface area contributed by atoms with E-state index in [4.69, 9.17) is 9.47 Å². The Balaban J connectivity index is 5.17. The van der Waals surface area contributed by atoms with Crippen LogP contribution in [0.3, 0.4) is 0 Å². The number of alkyl halides is 1. The van der Waals surface area contributed by atoms with E-state index in [0.717, 1.165) is 0 Å². The van der Waals surface area contributed by atoms with Crippen LogP contribution in [0.4, 0.5) is 4.79 Å². The number of rotatable bonds is 6. The highest BCUT2D eigenvalue weighted by atomic mass is 79.9. The van der Waals surface area contributed by atoms with E-state index in [-0.39, 0.29) is 5.92 Å². The van der Waals surface area contributed by atoms with Crippen molar-refractivity contribution in [3.63, 3.8) is 0 Å². The molecule has 0 aliphatic rings. The molecule has 6 heteroatoms. The van der Waals surface area contributed by atoms with E-state index in [9.17, 15) is 9.59 Å². The topological polar surface area (TPSA) is 55.8 Å². The number of carbonyl (C=O) groups excluding carboxylic acids is 2. The van der Waals surface area contributed by atoms with E-state index in [1.54, 1.807) is 27.7 Å². The monoisotopic (exact) mass is 351 g/mol. The van der Waals surface area contributed by atoms with Gasteiger partial charge in [0.05, 0.1) is 6.61 Å². The van der Waals surface area contributed by atoms with Crippen molar-refractivity contribution in [3.8, 4) is 0 Å². The van der Waals surface area contributed by atoms with Gasteiger partial charge in [0, 0.05) is 11.9 Å². The summed E-state index contributed by atoms with van der Waals surface area (Å²) in [6.45, 7) is 11.6. The van der Waals surface area contributed by atoms with E-state index in [2.05, 4.69) is 15.9 Å². The van der Waals surface area contributed by atoms with Gasteiger partial charge in [0.15, 0.2) is 0 Å². The van der Waals surface area contributed by atoms with Gasteiger partial charge in [0.2, 0.25) is 0 Å². The number of hydrogen-bond acceptors (Lipinski definition) is 4. The summed E-state index contributed by atoms with van der Waals surface area (Å²) in [6, 6.07) is -0.637. The van der Waals surface area contributed by atoms with Gasteiger partial charge in [-0.2, -0.15) is 0 Å². The second kappa shape index (κ2) is 8.49. The first-order valence-corrected chi connectivity index (χ1v) is 7.98. The molecule has 0 radical (unpaired) electrons. The maximum Gasteiger partial charge on any atom is 0.411 e. The van der Waals surface area contributed by atoms with Crippen molar-refractivity contribution >= 4 is 28.0 Å². The van der Waals surface area contributed by atoms with Crippen LogP contribution >= 0.6 is 15.9 Å². The predicted molar refractivity (Wildman–Crippen MR) is 82.0 cm³/mol. The zero-order valence-corrected chi connectivity index (χ0v) is 14.8. The van der Waals surface area contributed by atoms with Crippen molar-refractivity contribution < 1.29 is 19.1 Å². The lowest BCUT2D eigenvalue weighted by molar-refractivity contribution is -0.151. The third-order valence-electron chi connectivity index (χ3n) is 2.45. The Morgan fingerprint density at radius 3 is 2.15 bits per heavy atom. The normalized spacial score (nSPS) is 13.0. The minimum Gasteiger partial charge on any atom is -0.464 e. The molecule has 20 heavy (non-hydrogen) atoms. The van der Waals surface area contributed by atoms with E-state index in [1.807, 2.05) is 13.8 Å². The summed E-state index contributed by atoms with van der Waals surface area (Å²) >= 11 is 3.30. The zero-order valence-electron chi connectivity index (χ0n) is 13.2. The summed E-state index contributed by atoms with van der Waals surface area (Å²) in [5.74, 6) is -0.449. The van der Waals surface area contributed by atoms with Gasteiger partial charge >= 0.3 is 12.1 Å². The summed E-state index contributed by atoms with van der Waals surface area (Å²) in [6.07, 6.45) is -0.497. The Morgan fingerprint density at radius 1 is 1.25 bits per heavy atom. The van der Waals surface area contributed by atoms with Crippen molar-refractivity contribution in [2.24, 2.45) is 5.92 Å². The largest absolute Gasteiger partial charge is 0.464 e. The van der Waals surface area contributed by atoms with Crippen molar-refractivity contribution in [1.29, 1.82) is 0 Å². The molecule has 0 fully saturated rings. The van der Waals surface area contributed by atoms with Crippen LogP contribution in [0, 0.1) is 5.92 Å². The number of hydrogen-bond donors (Lipinski definition) is 0. The molecule has 0 unspecified atom stereocenters. The molecule has 0 aromatic carbocycles. The molecule has 0 aromatic rings. The number of amides is 1. The fraction of sp³-hybridized carbons (Fsp3) is 0.857. The lowest BCUT2D eigenvalue weighted by Crippen LogP contribution is -2.51. The van der Waals surface area contributed by atoms with Crippen LogP contribution in [0.25, 0.3) is 0 Å². The molecule has 1 amide bonds. The first kappa shape index (κ1) is 19.2. The molecule has 1 atom stereocenters. The van der Waals surface area contributed by atoms with Gasteiger partial charge in [-0.25, -0.2) is 9.59 Å². The SMILES string of the molecule is CCOC(=O)[C@H](C(C)C)N(CCBr)C(=O)OC(C)(C)C. The molecule has 0 N–H and O–H groups in total. The van der Waals surface area contributed by atoms with Crippen LogP contribution in [0.1, 0.15) is 41.5 Å². The fourth-order valence-electron chi connectivity index (χ4n) is 1.74. The number of ether oxygens (including phenoxy) is 2. The Hall–Kier alpha value is -0.780. The first-order valence-electron chi connectivity index (χ1n) is 6.86. The lowest BCUT2D eigenvalue weighted by atomic mass is 10.0. The summed E-state index contributed by atoms with van der Waals surface area (Å²) in [7, 11) is 0. The molecule has 0 aliphatic heterocycles. The molecule has 118 valence electrons. The van der Waals surface area contributed by atoms with Gasteiger partial charge in [-0.3, -0.25) is 4.90 Å². The highest BCUT2D eigenvalue weighted by molar-refractivity contribution is 9.09. The van der Waals surface area contributed by atoms with Crippen molar-refractivity contribution in [1.82, 2.24) is 4.90 Å². The van der Waals surface area contributed by atoms with E-state index < -0.39 is 23.7 Å². The van der Waals surface area contributed by atoms with Crippen molar-refractivity contribution in [2.75, 3.05) is 18.5 Å². The maximum absolute atomic E-state index is 12.3. The van der Waals surface area contributed by atoms with E-state index in [1.165, 1.54) is 4.90 Å². The molecule has 0 saturated heterocycles. The quantitative estimate of drug-likeness (QED) is 0.544. The molecule has 0 saturated carbocycles. The van der Waals surface area contributed by atoms with Crippen LogP contribution in [-0.4, -0.2) is 47.1 Å². The predicted octanol–water partition coefficient (Wildman–Crippen LogP) is 3.21. The highest BCUT2D eigenvalue weighted by Crippen LogP contribution is 2.18. The number of esters is 1. The number of halogens is 1. The van der Waals surface area contributed by atoms with Crippen LogP contribution in [0.5, 0.6) is 0 Å². The summed E-state index contributed by atoms with van der Waals surface area (Å²) in [4.78, 5) is 25.8. The lowest BCUT2D eigenvalue weighted by Gasteiger charge is -2.33. The average molecular weight is 352 g/mol. The summed E-state index contributed by atoms with van der Waals surface area (Å²) in [5, 5.41) is 0.564. The molecule has 0 aromatic heterocycles. The number of nitrogens with zero attached hydrogens (tertiary/aromatic N) is 1. The van der Waals surface area contributed by atoms with Gasteiger partial charge in [-0.1, -0.05) is 29.8 Å². The fourth-order valence-corrected chi connectivity index (χ4v) is 2.12. The van der Waals surface area contributed by atoms with Crippen molar-refractivity contribution in [2.45, 2.75) is 53.2 Å². The highest BCUT2D eigenvalue weighted by Gasteiger charge is 2.35. The third-order valence-corrected chi connectivity index (χ3v) is 2.80. The minimum atomic E-state index is -0.637. The van der Waals surface area contributed by atoms with Gasteiger partial charge in [-0.05, 0) is 33.6 Å². The standard InChI is InChI=1S/C14H26BrNO4/c1-7-19-12(17)11(10(2)3)16(9-8-15)13(18)20-14(4,5)6/h10-11H,7-9H2,1-6H3/t11-/m0/s1. The van der Waals surface area contributed by atoms with Gasteiger partial charge in [0.25, 0.3) is 0 Å². The molecule has 5 nitrogen and oxygen atoms in total. The Bertz CT molecular complexity index is 326. The van der Waals surface area contributed by atoms with Crippen molar-refractivity contribution in [3.05, 3.63) is 0 Å². The second-order valence-corrected chi connectivity index (χ2v) is 6.60. The van der Waals surface area contributed by atoms with Crippen LogP contribution in [0.15, 0.2) is 0 Å². The Morgan fingerprint density at radius 2 is 1.80 bits per heavy atom. The minimum absolute atomic E-state index is 0.0550. The van der Waals surface area contributed by atoms with Crippen LogP contribution in [0.2, 0.25) is 0 Å². The van der Waals surface area contributed by atoms with E-state index >= 15 is 0 Å². The molecule has 0 spiro atoms. The first-order chi connectivity index (χ1) is 9.14. The summed E-state index contributed by atoms with van der Waals surface area (Å²) < 4.78 is 10.4. The molecule has 0 heterocycles. The molecular formula is C14H26BrNO4. The molecular weight excluding hydrogens is 326 g/mol. The Kier molecular flexibility index (Phi) is 8.16. The molecule has 0 bridgehead atoms. The van der Waals surface area contributed by atoms with Crippen LogP contribution in [-0.2, 0) is 14.3 Å². The summed E-state index contributed by atoms with van der Waals surface area (Å²) in [5.41, 5.74) is -0.599. The van der Waals surface area contributed by atoms with Gasteiger partial charge in [0.1, 0.15) is 11.6 Å².